The van der Waals surface area contributed by atoms with Gasteiger partial charge in [-0.15, -0.1) is 5.10 Å². The number of anilines is 1. The van der Waals surface area contributed by atoms with Crippen LogP contribution in [0.1, 0.15) is 5.56 Å². The zero-order valence-corrected chi connectivity index (χ0v) is 20.3. The van der Waals surface area contributed by atoms with E-state index in [1.807, 2.05) is 89.6 Å². The van der Waals surface area contributed by atoms with Gasteiger partial charge in [-0.05, 0) is 66.2 Å². The van der Waals surface area contributed by atoms with Crippen LogP contribution in [0, 0.1) is 0 Å². The summed E-state index contributed by atoms with van der Waals surface area (Å²) in [6, 6.07) is 25.2. The third kappa shape index (κ3) is 4.74. The molecule has 5 rings (SSSR count). The molecular weight excluding hydrogens is 456 g/mol. The molecule has 2 heterocycles. The number of nitrogens with one attached hydrogen (secondary N) is 1. The van der Waals surface area contributed by atoms with E-state index in [1.54, 1.807) is 21.3 Å². The molecule has 8 heteroatoms. The molecule has 0 fully saturated rings. The van der Waals surface area contributed by atoms with Gasteiger partial charge in [0.1, 0.15) is 17.3 Å². The van der Waals surface area contributed by atoms with Crippen molar-refractivity contribution in [1.29, 1.82) is 0 Å². The van der Waals surface area contributed by atoms with Crippen LogP contribution in [0.25, 0.3) is 16.9 Å². The SMILES string of the molecule is COc1cc(CNc2ccc3ncc(-c4ccc(Oc5ccccc5)cc4)n3n2)cc(OC)c1OC. The normalized spacial score (nSPS) is 10.8. The van der Waals surface area contributed by atoms with Gasteiger partial charge in [0.25, 0.3) is 0 Å². The molecular formula is C28H26N4O4. The van der Waals surface area contributed by atoms with Crippen molar-refractivity contribution in [1.82, 2.24) is 14.6 Å². The number of imidazole rings is 1. The van der Waals surface area contributed by atoms with Crippen molar-refractivity contribution in [3.63, 3.8) is 0 Å². The summed E-state index contributed by atoms with van der Waals surface area (Å²) in [5.41, 5.74) is 3.59. The number of aromatic nitrogens is 3. The molecule has 1 N–H and O–H groups in total. The van der Waals surface area contributed by atoms with Crippen molar-refractivity contribution in [3.05, 3.63) is 90.6 Å². The van der Waals surface area contributed by atoms with Gasteiger partial charge >= 0.3 is 0 Å². The summed E-state index contributed by atoms with van der Waals surface area (Å²) < 4.78 is 24.0. The second-order valence-corrected chi connectivity index (χ2v) is 7.96. The minimum absolute atomic E-state index is 0.519. The first-order valence-electron chi connectivity index (χ1n) is 11.4. The minimum atomic E-state index is 0.519. The fraction of sp³-hybridized carbons (Fsp3) is 0.143. The van der Waals surface area contributed by atoms with Crippen LogP contribution >= 0.6 is 0 Å². The molecule has 2 aromatic heterocycles. The summed E-state index contributed by atoms with van der Waals surface area (Å²) in [7, 11) is 4.79. The second kappa shape index (κ2) is 10.3. The summed E-state index contributed by atoms with van der Waals surface area (Å²) in [6.07, 6.45) is 1.82. The summed E-state index contributed by atoms with van der Waals surface area (Å²) in [5.74, 6) is 4.04. The lowest BCUT2D eigenvalue weighted by Crippen LogP contribution is -2.05. The lowest BCUT2D eigenvalue weighted by molar-refractivity contribution is 0.324. The molecule has 182 valence electrons. The summed E-state index contributed by atoms with van der Waals surface area (Å²) in [6.45, 7) is 0.519. The molecule has 0 unspecified atom stereocenters. The van der Waals surface area contributed by atoms with E-state index in [4.69, 9.17) is 24.0 Å². The molecule has 0 spiro atoms. The Bertz CT molecular complexity index is 1440. The van der Waals surface area contributed by atoms with Crippen molar-refractivity contribution < 1.29 is 18.9 Å². The van der Waals surface area contributed by atoms with E-state index in [2.05, 4.69) is 10.3 Å². The van der Waals surface area contributed by atoms with Gasteiger partial charge in [-0.3, -0.25) is 0 Å². The number of hydrogen-bond acceptors (Lipinski definition) is 7. The molecule has 0 aliphatic rings. The maximum atomic E-state index is 5.91. The van der Waals surface area contributed by atoms with Crippen LogP contribution in [0.15, 0.2) is 85.1 Å². The predicted molar refractivity (Wildman–Crippen MR) is 138 cm³/mol. The average Bonchev–Trinajstić information content (AvgIpc) is 3.35. The van der Waals surface area contributed by atoms with Gasteiger partial charge in [0, 0.05) is 12.1 Å². The first kappa shape index (κ1) is 23.0. The Balaban J connectivity index is 1.35. The fourth-order valence-corrected chi connectivity index (χ4v) is 3.91. The van der Waals surface area contributed by atoms with Crippen molar-refractivity contribution in [2.45, 2.75) is 6.54 Å². The first-order valence-corrected chi connectivity index (χ1v) is 11.4. The maximum absolute atomic E-state index is 5.91. The Morgan fingerprint density at radius 2 is 1.47 bits per heavy atom. The van der Waals surface area contributed by atoms with Gasteiger partial charge in [0.15, 0.2) is 17.1 Å². The third-order valence-electron chi connectivity index (χ3n) is 5.69. The van der Waals surface area contributed by atoms with Gasteiger partial charge in [0.05, 0.1) is 33.2 Å². The molecule has 0 atom stereocenters. The number of nitrogens with zero attached hydrogens (tertiary/aromatic N) is 3. The van der Waals surface area contributed by atoms with E-state index < -0.39 is 0 Å². The maximum Gasteiger partial charge on any atom is 0.203 e. The highest BCUT2D eigenvalue weighted by Crippen LogP contribution is 2.38. The smallest absolute Gasteiger partial charge is 0.203 e. The van der Waals surface area contributed by atoms with E-state index in [0.29, 0.717) is 29.6 Å². The van der Waals surface area contributed by atoms with Crippen molar-refractivity contribution >= 4 is 11.5 Å². The van der Waals surface area contributed by atoms with Crippen molar-refractivity contribution in [3.8, 4) is 40.0 Å². The molecule has 0 saturated heterocycles. The highest BCUT2D eigenvalue weighted by molar-refractivity contribution is 5.64. The topological polar surface area (TPSA) is 79.1 Å². The van der Waals surface area contributed by atoms with Crippen LogP contribution < -0.4 is 24.3 Å². The Hall–Kier alpha value is -4.72. The van der Waals surface area contributed by atoms with Crippen molar-refractivity contribution in [2.24, 2.45) is 0 Å². The minimum Gasteiger partial charge on any atom is -0.493 e. The van der Waals surface area contributed by atoms with E-state index in [1.165, 1.54) is 0 Å². The Morgan fingerprint density at radius 1 is 0.778 bits per heavy atom. The van der Waals surface area contributed by atoms with Crippen molar-refractivity contribution in [2.75, 3.05) is 26.6 Å². The van der Waals surface area contributed by atoms with Crippen LogP contribution in [0.2, 0.25) is 0 Å². The monoisotopic (exact) mass is 482 g/mol. The Kier molecular flexibility index (Phi) is 6.57. The largest absolute Gasteiger partial charge is 0.493 e. The first-order chi connectivity index (χ1) is 17.7. The number of hydrogen-bond donors (Lipinski definition) is 1. The van der Waals surface area contributed by atoms with Crippen LogP contribution in [-0.4, -0.2) is 35.9 Å². The van der Waals surface area contributed by atoms with Gasteiger partial charge in [-0.25, -0.2) is 9.50 Å². The van der Waals surface area contributed by atoms with E-state index in [9.17, 15) is 0 Å². The third-order valence-corrected chi connectivity index (χ3v) is 5.69. The molecule has 36 heavy (non-hydrogen) atoms. The number of ether oxygens (including phenoxy) is 4. The number of methoxy groups -OCH3 is 3. The fourth-order valence-electron chi connectivity index (χ4n) is 3.91. The van der Waals surface area contributed by atoms with Crippen LogP contribution in [0.4, 0.5) is 5.82 Å². The van der Waals surface area contributed by atoms with E-state index in [-0.39, 0.29) is 0 Å². The van der Waals surface area contributed by atoms with E-state index >= 15 is 0 Å². The zero-order chi connectivity index (χ0) is 24.9. The highest BCUT2D eigenvalue weighted by atomic mass is 16.5. The summed E-state index contributed by atoms with van der Waals surface area (Å²) >= 11 is 0. The van der Waals surface area contributed by atoms with Gasteiger partial charge in [-0.2, -0.15) is 0 Å². The number of rotatable bonds is 9. The lowest BCUT2D eigenvalue weighted by atomic mass is 10.1. The molecule has 5 aromatic rings. The second-order valence-electron chi connectivity index (χ2n) is 7.96. The van der Waals surface area contributed by atoms with Gasteiger partial charge in [0.2, 0.25) is 5.75 Å². The highest BCUT2D eigenvalue weighted by Gasteiger charge is 2.14. The predicted octanol–water partition coefficient (Wildman–Crippen LogP) is 5.83. The zero-order valence-electron chi connectivity index (χ0n) is 20.3. The molecule has 0 bridgehead atoms. The molecule has 0 aliphatic heterocycles. The summed E-state index contributed by atoms with van der Waals surface area (Å²) in [5, 5.41) is 8.13. The molecule has 0 saturated carbocycles. The number of para-hydroxylation sites is 1. The number of benzene rings is 3. The Labute approximate surface area is 209 Å². The van der Waals surface area contributed by atoms with Crippen LogP contribution in [0.5, 0.6) is 28.7 Å². The molecule has 0 amide bonds. The molecule has 0 radical (unpaired) electrons. The number of fused-ring (bicyclic) bond motifs is 1. The summed E-state index contributed by atoms with van der Waals surface area (Å²) in [4.78, 5) is 4.50. The standard InChI is InChI=1S/C28H26N4O4/c1-33-24-15-19(16-25(34-2)28(24)35-3)17-29-26-13-14-27-30-18-23(32(27)31-26)20-9-11-22(12-10-20)36-21-7-5-4-6-8-21/h4-16,18H,17H2,1-3H3,(H,29,31). The van der Waals surface area contributed by atoms with Crippen LogP contribution in [-0.2, 0) is 6.54 Å². The molecule has 0 aliphatic carbocycles. The molecule has 3 aromatic carbocycles. The van der Waals surface area contributed by atoms with Gasteiger partial charge < -0.3 is 24.3 Å². The Morgan fingerprint density at radius 3 is 2.14 bits per heavy atom. The van der Waals surface area contributed by atoms with E-state index in [0.717, 1.165) is 34.0 Å². The quantitative estimate of drug-likeness (QED) is 0.283. The molecule has 8 nitrogen and oxygen atoms in total. The van der Waals surface area contributed by atoms with Crippen LogP contribution in [0.3, 0.4) is 0 Å². The van der Waals surface area contributed by atoms with Gasteiger partial charge in [-0.1, -0.05) is 18.2 Å². The lowest BCUT2D eigenvalue weighted by Gasteiger charge is -2.14. The average molecular weight is 483 g/mol.